The molecule has 0 aromatic carbocycles. The van der Waals surface area contributed by atoms with Gasteiger partial charge in [-0.3, -0.25) is 4.99 Å². The lowest BCUT2D eigenvalue weighted by Gasteiger charge is -2.12. The summed E-state index contributed by atoms with van der Waals surface area (Å²) in [4.78, 5) is 10.5. The first kappa shape index (κ1) is 22.9. The SMILES string of the molecule is CCNC(=NCC(C)Cc1cccs1)NCCc1nc(C(C)C)no1.I. The first-order valence-corrected chi connectivity index (χ1v) is 9.83. The van der Waals surface area contributed by atoms with Crippen LogP contribution in [0.2, 0.25) is 0 Å². The Labute approximate surface area is 177 Å². The van der Waals surface area contributed by atoms with E-state index in [1.54, 1.807) is 0 Å². The molecule has 2 N–H and O–H groups in total. The van der Waals surface area contributed by atoms with E-state index in [-0.39, 0.29) is 29.9 Å². The minimum atomic E-state index is 0. The Morgan fingerprint density at radius 1 is 1.31 bits per heavy atom. The Morgan fingerprint density at radius 2 is 2.12 bits per heavy atom. The number of halogens is 1. The third-order valence-electron chi connectivity index (χ3n) is 3.67. The molecule has 0 spiro atoms. The predicted octanol–water partition coefficient (Wildman–Crippen LogP) is 3.85. The van der Waals surface area contributed by atoms with Gasteiger partial charge in [-0.15, -0.1) is 35.3 Å². The van der Waals surface area contributed by atoms with E-state index in [1.807, 2.05) is 11.3 Å². The lowest BCUT2D eigenvalue weighted by Crippen LogP contribution is -2.38. The Kier molecular flexibility index (Phi) is 10.8. The molecule has 0 aliphatic rings. The zero-order chi connectivity index (χ0) is 18.1. The van der Waals surface area contributed by atoms with E-state index in [0.717, 1.165) is 31.3 Å². The number of guanidine groups is 1. The Bertz CT molecular complexity index is 642. The van der Waals surface area contributed by atoms with Crippen molar-refractivity contribution in [1.29, 1.82) is 0 Å². The highest BCUT2D eigenvalue weighted by atomic mass is 127. The molecule has 0 amide bonds. The van der Waals surface area contributed by atoms with E-state index in [1.165, 1.54) is 4.88 Å². The molecule has 2 heterocycles. The fraction of sp³-hybridized carbons (Fsp3) is 0.611. The molecule has 0 fully saturated rings. The maximum Gasteiger partial charge on any atom is 0.228 e. The summed E-state index contributed by atoms with van der Waals surface area (Å²) in [6.07, 6.45) is 1.76. The van der Waals surface area contributed by atoms with E-state index in [9.17, 15) is 0 Å². The van der Waals surface area contributed by atoms with Gasteiger partial charge in [-0.05, 0) is 30.7 Å². The summed E-state index contributed by atoms with van der Waals surface area (Å²) >= 11 is 1.81. The molecule has 26 heavy (non-hydrogen) atoms. The van der Waals surface area contributed by atoms with Gasteiger partial charge in [0, 0.05) is 36.9 Å². The van der Waals surface area contributed by atoms with E-state index < -0.39 is 0 Å². The number of thiophene rings is 1. The van der Waals surface area contributed by atoms with Crippen molar-refractivity contribution in [2.75, 3.05) is 19.6 Å². The molecule has 2 aromatic heterocycles. The molecule has 1 unspecified atom stereocenters. The van der Waals surface area contributed by atoms with Gasteiger partial charge in [0.1, 0.15) is 0 Å². The number of rotatable bonds is 9. The molecule has 1 atom stereocenters. The van der Waals surface area contributed by atoms with Crippen LogP contribution in [0, 0.1) is 5.92 Å². The molecule has 146 valence electrons. The Hall–Kier alpha value is -1.16. The number of aromatic nitrogens is 2. The van der Waals surface area contributed by atoms with Crippen LogP contribution in [0.3, 0.4) is 0 Å². The second-order valence-corrected chi connectivity index (χ2v) is 7.52. The van der Waals surface area contributed by atoms with Crippen LogP contribution < -0.4 is 10.6 Å². The van der Waals surface area contributed by atoms with Crippen molar-refractivity contribution in [3.05, 3.63) is 34.1 Å². The van der Waals surface area contributed by atoms with Crippen LogP contribution >= 0.6 is 35.3 Å². The van der Waals surface area contributed by atoms with E-state index in [0.29, 0.717) is 24.8 Å². The van der Waals surface area contributed by atoms with Gasteiger partial charge in [0.25, 0.3) is 0 Å². The van der Waals surface area contributed by atoms with Crippen molar-refractivity contribution in [2.24, 2.45) is 10.9 Å². The highest BCUT2D eigenvalue weighted by molar-refractivity contribution is 14.0. The van der Waals surface area contributed by atoms with E-state index >= 15 is 0 Å². The topological polar surface area (TPSA) is 75.3 Å². The van der Waals surface area contributed by atoms with Crippen molar-refractivity contribution < 1.29 is 4.52 Å². The van der Waals surface area contributed by atoms with Gasteiger partial charge in [-0.1, -0.05) is 32.0 Å². The molecule has 0 radical (unpaired) electrons. The number of aliphatic imine (C=N–C) groups is 1. The molecule has 2 rings (SSSR count). The summed E-state index contributed by atoms with van der Waals surface area (Å²) in [6, 6.07) is 4.29. The van der Waals surface area contributed by atoms with Gasteiger partial charge in [0.2, 0.25) is 5.89 Å². The first-order valence-electron chi connectivity index (χ1n) is 8.95. The quantitative estimate of drug-likeness (QED) is 0.317. The van der Waals surface area contributed by atoms with Gasteiger partial charge in [0.15, 0.2) is 11.8 Å². The average molecular weight is 491 g/mol. The molecular weight excluding hydrogens is 461 g/mol. The molecule has 0 saturated carbocycles. The summed E-state index contributed by atoms with van der Waals surface area (Å²) in [5.41, 5.74) is 0. The Balaban J connectivity index is 0.00000338. The minimum absolute atomic E-state index is 0. The Morgan fingerprint density at radius 3 is 2.73 bits per heavy atom. The lowest BCUT2D eigenvalue weighted by molar-refractivity contribution is 0.371. The second kappa shape index (κ2) is 12.3. The maximum atomic E-state index is 5.26. The molecule has 6 nitrogen and oxygen atoms in total. The largest absolute Gasteiger partial charge is 0.357 e. The fourth-order valence-corrected chi connectivity index (χ4v) is 3.19. The summed E-state index contributed by atoms with van der Waals surface area (Å²) in [6.45, 7) is 10.8. The van der Waals surface area contributed by atoms with Crippen LogP contribution in [0.25, 0.3) is 0 Å². The van der Waals surface area contributed by atoms with Crippen LogP contribution in [0.5, 0.6) is 0 Å². The van der Waals surface area contributed by atoms with Crippen molar-refractivity contribution >= 4 is 41.3 Å². The molecule has 2 aromatic rings. The predicted molar refractivity (Wildman–Crippen MR) is 119 cm³/mol. The number of hydrogen-bond acceptors (Lipinski definition) is 5. The standard InChI is InChI=1S/C18H29N5OS.HI/c1-5-19-18(21-12-14(4)11-15-7-6-10-25-15)20-9-8-16-22-17(13(2)3)23-24-16;/h6-7,10,13-14H,5,8-9,11-12H2,1-4H3,(H2,19,20,21);1H. The molecule has 0 bridgehead atoms. The average Bonchev–Trinajstić information content (AvgIpc) is 3.24. The van der Waals surface area contributed by atoms with Gasteiger partial charge in [-0.25, -0.2) is 0 Å². The normalized spacial score (nSPS) is 12.7. The van der Waals surface area contributed by atoms with Crippen molar-refractivity contribution in [2.45, 2.75) is 46.5 Å². The summed E-state index contributed by atoms with van der Waals surface area (Å²) in [5, 5.41) is 12.7. The summed E-state index contributed by atoms with van der Waals surface area (Å²) < 4.78 is 5.26. The number of hydrogen-bond donors (Lipinski definition) is 2. The van der Waals surface area contributed by atoms with Crippen LogP contribution in [-0.2, 0) is 12.8 Å². The maximum absolute atomic E-state index is 5.26. The van der Waals surface area contributed by atoms with Gasteiger partial charge in [0.05, 0.1) is 0 Å². The summed E-state index contributed by atoms with van der Waals surface area (Å²) in [7, 11) is 0. The van der Waals surface area contributed by atoms with Gasteiger partial charge < -0.3 is 15.2 Å². The first-order chi connectivity index (χ1) is 12.1. The zero-order valence-corrected chi connectivity index (χ0v) is 19.1. The number of nitrogens with one attached hydrogen (secondary N) is 2. The monoisotopic (exact) mass is 491 g/mol. The van der Waals surface area contributed by atoms with Crippen LogP contribution in [0.4, 0.5) is 0 Å². The molecule has 0 aliphatic heterocycles. The van der Waals surface area contributed by atoms with E-state index in [4.69, 9.17) is 9.52 Å². The van der Waals surface area contributed by atoms with Crippen LogP contribution in [-0.4, -0.2) is 35.7 Å². The third-order valence-corrected chi connectivity index (χ3v) is 4.57. The van der Waals surface area contributed by atoms with Gasteiger partial charge >= 0.3 is 0 Å². The fourth-order valence-electron chi connectivity index (χ4n) is 2.32. The highest BCUT2D eigenvalue weighted by Crippen LogP contribution is 2.14. The molecule has 0 saturated heterocycles. The van der Waals surface area contributed by atoms with Crippen LogP contribution in [0.15, 0.2) is 27.0 Å². The minimum Gasteiger partial charge on any atom is -0.357 e. The highest BCUT2D eigenvalue weighted by Gasteiger charge is 2.10. The lowest BCUT2D eigenvalue weighted by atomic mass is 10.1. The van der Waals surface area contributed by atoms with Crippen LogP contribution in [0.1, 0.15) is 50.2 Å². The molecule has 8 heteroatoms. The van der Waals surface area contributed by atoms with Gasteiger partial charge in [-0.2, -0.15) is 4.98 Å². The van der Waals surface area contributed by atoms with Crippen molar-refractivity contribution in [3.63, 3.8) is 0 Å². The summed E-state index contributed by atoms with van der Waals surface area (Å²) in [5.74, 6) is 3.06. The zero-order valence-electron chi connectivity index (χ0n) is 16.0. The second-order valence-electron chi connectivity index (χ2n) is 6.49. The van der Waals surface area contributed by atoms with Crippen molar-refractivity contribution in [1.82, 2.24) is 20.8 Å². The molecule has 0 aliphatic carbocycles. The third kappa shape index (κ3) is 8.03. The number of nitrogens with zero attached hydrogens (tertiary/aromatic N) is 3. The smallest absolute Gasteiger partial charge is 0.228 e. The van der Waals surface area contributed by atoms with Crippen molar-refractivity contribution in [3.8, 4) is 0 Å². The molecular formula is C18H30IN5OS. The van der Waals surface area contributed by atoms with E-state index in [2.05, 4.69) is 66.0 Å².